The van der Waals surface area contributed by atoms with Crippen LogP contribution in [-0.2, 0) is 4.79 Å². The first-order valence-electron chi connectivity index (χ1n) is 10.6. The van der Waals surface area contributed by atoms with Gasteiger partial charge in [0.2, 0.25) is 12.3 Å². The topological polar surface area (TPSA) is 79.7 Å². The second-order valence-electron chi connectivity index (χ2n) is 7.82. The van der Waals surface area contributed by atoms with E-state index in [0.717, 1.165) is 16.7 Å². The summed E-state index contributed by atoms with van der Waals surface area (Å²) in [4.78, 5) is 25.9. The fraction of sp³-hybridized carbons (Fsp3) is 0.192. The maximum atomic E-state index is 13.0. The lowest BCUT2D eigenvalue weighted by Gasteiger charge is -2.15. The monoisotopic (exact) mass is 444 g/mol. The zero-order chi connectivity index (χ0) is 23.4. The molecule has 2 atom stereocenters. The average molecular weight is 445 g/mol. The van der Waals surface area contributed by atoms with Crippen LogP contribution >= 0.6 is 0 Å². The predicted octanol–water partition coefficient (Wildman–Crippen LogP) is 3.03. The van der Waals surface area contributed by atoms with E-state index >= 15 is 0 Å². The molecule has 3 aromatic carbocycles. The molecule has 4 rings (SSSR count). The Labute approximate surface area is 192 Å². The van der Waals surface area contributed by atoms with Crippen LogP contribution in [0.1, 0.15) is 33.1 Å². The molecule has 1 heterocycles. The Morgan fingerprint density at radius 3 is 2.33 bits per heavy atom. The molecule has 168 valence electrons. The maximum Gasteiger partial charge on any atom is 0.304 e. The van der Waals surface area contributed by atoms with Gasteiger partial charge >= 0.3 is 5.91 Å². The summed E-state index contributed by atoms with van der Waals surface area (Å²) >= 11 is 0. The Morgan fingerprint density at radius 1 is 0.970 bits per heavy atom. The lowest BCUT2D eigenvalue weighted by Crippen LogP contribution is -2.42. The van der Waals surface area contributed by atoms with Gasteiger partial charge in [-0.2, -0.15) is 0 Å². The molecular formula is C26H26N3O4+. The number of ether oxygens (including phenoxy) is 2. The third kappa shape index (κ3) is 4.87. The van der Waals surface area contributed by atoms with Crippen LogP contribution in [-0.4, -0.2) is 43.0 Å². The SMILES string of the molecule is COc1ccc(C(=O)N[C@@H]2C(=O)N/[N+](=C\c3cccc(OC)c3)[C@@H]2c2ccc(C)cc2)cc1. The van der Waals surface area contributed by atoms with Crippen molar-refractivity contribution in [2.24, 2.45) is 0 Å². The highest BCUT2D eigenvalue weighted by Gasteiger charge is 2.47. The van der Waals surface area contributed by atoms with Crippen molar-refractivity contribution in [3.63, 3.8) is 0 Å². The van der Waals surface area contributed by atoms with Crippen molar-refractivity contribution < 1.29 is 23.7 Å². The minimum atomic E-state index is -0.788. The first kappa shape index (κ1) is 22.1. The second-order valence-corrected chi connectivity index (χ2v) is 7.82. The Bertz CT molecular complexity index is 1190. The molecule has 0 aromatic heterocycles. The number of carbonyl (C=O) groups excluding carboxylic acids is 2. The first-order chi connectivity index (χ1) is 16.0. The third-order valence-corrected chi connectivity index (χ3v) is 5.58. The molecule has 0 unspecified atom stereocenters. The van der Waals surface area contributed by atoms with Gasteiger partial charge in [-0.3, -0.25) is 9.59 Å². The number of aryl methyl sites for hydroxylation is 1. The Hall–Kier alpha value is -4.13. The predicted molar refractivity (Wildman–Crippen MR) is 125 cm³/mol. The summed E-state index contributed by atoms with van der Waals surface area (Å²) in [5.74, 6) is 0.743. The summed E-state index contributed by atoms with van der Waals surface area (Å²) < 4.78 is 12.2. The molecule has 1 fully saturated rings. The molecule has 0 radical (unpaired) electrons. The van der Waals surface area contributed by atoms with Crippen LogP contribution in [0.25, 0.3) is 0 Å². The van der Waals surface area contributed by atoms with Crippen LogP contribution in [0.4, 0.5) is 0 Å². The quantitative estimate of drug-likeness (QED) is 0.573. The largest absolute Gasteiger partial charge is 0.497 e. The van der Waals surface area contributed by atoms with Crippen LogP contribution in [0.2, 0.25) is 0 Å². The highest BCUT2D eigenvalue weighted by molar-refractivity contribution is 5.98. The zero-order valence-electron chi connectivity index (χ0n) is 18.7. The number of rotatable bonds is 6. The number of hydrogen-bond donors (Lipinski definition) is 2. The summed E-state index contributed by atoms with van der Waals surface area (Å²) in [5, 5.41) is 2.91. The molecule has 3 aromatic rings. The van der Waals surface area contributed by atoms with E-state index in [0.29, 0.717) is 17.1 Å². The molecule has 1 aliphatic rings. The normalized spacial score (nSPS) is 18.6. The second kappa shape index (κ2) is 9.56. The number of nitrogens with one attached hydrogen (secondary N) is 2. The van der Waals surface area contributed by atoms with E-state index in [2.05, 4.69) is 10.7 Å². The summed E-state index contributed by atoms with van der Waals surface area (Å²) in [5.41, 5.74) is 6.20. The number of amides is 2. The van der Waals surface area contributed by atoms with Crippen LogP contribution in [0.3, 0.4) is 0 Å². The maximum absolute atomic E-state index is 13.0. The van der Waals surface area contributed by atoms with E-state index in [1.807, 2.05) is 61.7 Å². The van der Waals surface area contributed by atoms with Gasteiger partial charge in [0.1, 0.15) is 11.5 Å². The van der Waals surface area contributed by atoms with Gasteiger partial charge in [-0.05, 0) is 49.4 Å². The van der Waals surface area contributed by atoms with Crippen molar-refractivity contribution in [3.8, 4) is 11.5 Å². The molecule has 0 bridgehead atoms. The molecule has 2 N–H and O–H groups in total. The van der Waals surface area contributed by atoms with Crippen LogP contribution in [0.5, 0.6) is 11.5 Å². The summed E-state index contributed by atoms with van der Waals surface area (Å²) in [6.45, 7) is 2.00. The lowest BCUT2D eigenvalue weighted by molar-refractivity contribution is -0.596. The minimum Gasteiger partial charge on any atom is -0.497 e. The molecule has 1 aliphatic heterocycles. The zero-order valence-corrected chi connectivity index (χ0v) is 18.7. The van der Waals surface area contributed by atoms with Crippen molar-refractivity contribution in [1.82, 2.24) is 10.7 Å². The van der Waals surface area contributed by atoms with Gasteiger partial charge in [-0.1, -0.05) is 35.9 Å². The summed E-state index contributed by atoms with van der Waals surface area (Å²) in [6, 6.07) is 21.0. The Morgan fingerprint density at radius 2 is 1.67 bits per heavy atom. The highest BCUT2D eigenvalue weighted by Crippen LogP contribution is 2.26. The molecule has 0 saturated carbocycles. The van der Waals surface area contributed by atoms with Crippen LogP contribution < -0.4 is 20.2 Å². The van der Waals surface area contributed by atoms with Crippen molar-refractivity contribution in [2.45, 2.75) is 19.0 Å². The van der Waals surface area contributed by atoms with Crippen molar-refractivity contribution >= 4 is 18.0 Å². The molecule has 2 amide bonds. The Kier molecular flexibility index (Phi) is 6.40. The number of hydrazine groups is 1. The smallest absolute Gasteiger partial charge is 0.304 e. The fourth-order valence-corrected chi connectivity index (χ4v) is 3.79. The van der Waals surface area contributed by atoms with Crippen molar-refractivity contribution in [2.75, 3.05) is 14.2 Å². The van der Waals surface area contributed by atoms with Gasteiger partial charge in [0.05, 0.1) is 14.2 Å². The third-order valence-electron chi connectivity index (χ3n) is 5.58. The molecule has 0 aliphatic carbocycles. The average Bonchev–Trinajstić information content (AvgIpc) is 3.14. The van der Waals surface area contributed by atoms with E-state index in [-0.39, 0.29) is 11.8 Å². The Balaban J connectivity index is 1.68. The van der Waals surface area contributed by atoms with E-state index in [1.54, 1.807) is 43.2 Å². The van der Waals surface area contributed by atoms with Gasteiger partial charge in [0, 0.05) is 16.7 Å². The fourth-order valence-electron chi connectivity index (χ4n) is 3.79. The minimum absolute atomic E-state index is 0.290. The lowest BCUT2D eigenvalue weighted by atomic mass is 9.98. The van der Waals surface area contributed by atoms with Crippen LogP contribution in [0.15, 0.2) is 72.8 Å². The van der Waals surface area contributed by atoms with Crippen molar-refractivity contribution in [1.29, 1.82) is 0 Å². The van der Waals surface area contributed by atoms with E-state index < -0.39 is 12.1 Å². The number of benzene rings is 3. The van der Waals surface area contributed by atoms with Crippen molar-refractivity contribution in [3.05, 3.63) is 95.1 Å². The number of hydrogen-bond acceptors (Lipinski definition) is 4. The van der Waals surface area contributed by atoms with E-state index in [4.69, 9.17) is 9.47 Å². The van der Waals surface area contributed by atoms with Crippen LogP contribution in [0, 0.1) is 6.92 Å². The molecular weight excluding hydrogens is 418 g/mol. The summed E-state index contributed by atoms with van der Waals surface area (Å²) in [6.07, 6.45) is 1.84. The van der Waals surface area contributed by atoms with E-state index in [9.17, 15) is 9.59 Å². The standard InChI is InChI=1S/C26H25N3O4/c1-17-7-9-19(10-8-17)24-23(27-25(30)20-11-13-21(32-2)14-12-20)26(31)28-29(24)16-18-5-4-6-22(15-18)33-3/h4-16,23-24H,1-3H3,(H-,27,28,30,31)/p+1/b29-16-/t23-,24+/m0/s1. The molecule has 7 nitrogen and oxygen atoms in total. The van der Waals surface area contributed by atoms with Gasteiger partial charge in [-0.15, -0.1) is 10.1 Å². The number of methoxy groups -OCH3 is 2. The highest BCUT2D eigenvalue weighted by atomic mass is 16.5. The molecule has 7 heteroatoms. The number of hydrazone groups is 1. The summed E-state index contributed by atoms with van der Waals surface area (Å²) in [7, 11) is 3.17. The number of nitrogens with zero attached hydrogens (tertiary/aromatic N) is 1. The van der Waals surface area contributed by atoms with Gasteiger partial charge in [0.15, 0.2) is 6.04 Å². The molecule has 33 heavy (non-hydrogen) atoms. The molecule has 1 saturated heterocycles. The first-order valence-corrected chi connectivity index (χ1v) is 10.6. The van der Waals surface area contributed by atoms with E-state index in [1.165, 1.54) is 0 Å². The number of carbonyl (C=O) groups is 2. The van der Waals surface area contributed by atoms with Gasteiger partial charge in [-0.25, -0.2) is 0 Å². The van der Waals surface area contributed by atoms with Gasteiger partial charge in [0.25, 0.3) is 5.91 Å². The molecule has 0 spiro atoms. The van der Waals surface area contributed by atoms with Gasteiger partial charge < -0.3 is 14.8 Å².